The molecule has 0 aliphatic heterocycles. The molecule has 3 heteroatoms. The third-order valence-corrected chi connectivity index (χ3v) is 2.10. The van der Waals surface area contributed by atoms with Gasteiger partial charge in [0.15, 0.2) is 0 Å². The molecule has 0 saturated carbocycles. The fraction of sp³-hybridized carbons (Fsp3) is 0.846. The molecule has 1 amide bonds. The summed E-state index contributed by atoms with van der Waals surface area (Å²) in [5.74, 6) is 0.0870. The highest BCUT2D eigenvalue weighted by Crippen LogP contribution is 2.05. The van der Waals surface area contributed by atoms with Crippen molar-refractivity contribution in [1.82, 2.24) is 4.90 Å². The molecule has 3 nitrogen and oxygen atoms in total. The summed E-state index contributed by atoms with van der Waals surface area (Å²) in [5, 5.41) is 0. The van der Waals surface area contributed by atoms with E-state index in [1.54, 1.807) is 4.90 Å². The number of amides is 1. The van der Waals surface area contributed by atoms with Crippen molar-refractivity contribution in [2.75, 3.05) is 6.54 Å². The van der Waals surface area contributed by atoms with Crippen LogP contribution in [0.1, 0.15) is 61.3 Å². The van der Waals surface area contributed by atoms with E-state index >= 15 is 0 Å². The number of aldehydes is 1. The van der Waals surface area contributed by atoms with Gasteiger partial charge in [0.1, 0.15) is 6.29 Å². The summed E-state index contributed by atoms with van der Waals surface area (Å²) in [5.41, 5.74) is 0. The van der Waals surface area contributed by atoms with Gasteiger partial charge in [-0.2, -0.15) is 0 Å². The molecule has 0 N–H and O–H groups in total. The molecule has 0 aromatic heterocycles. The molecule has 98 valence electrons. The van der Waals surface area contributed by atoms with Crippen LogP contribution in [-0.2, 0) is 9.59 Å². The predicted octanol–water partition coefficient (Wildman–Crippen LogP) is 3.27. The van der Waals surface area contributed by atoms with Crippen molar-refractivity contribution in [3.63, 3.8) is 0 Å². The Kier molecular flexibility index (Phi) is 18.2. The maximum atomic E-state index is 11.5. The first-order valence-corrected chi connectivity index (χ1v) is 5.95. The molecule has 0 heterocycles. The van der Waals surface area contributed by atoms with E-state index in [4.69, 9.17) is 0 Å². The second-order valence-electron chi connectivity index (χ2n) is 3.04. The van der Waals surface area contributed by atoms with Crippen LogP contribution < -0.4 is 0 Å². The molecule has 0 aromatic carbocycles. The van der Waals surface area contributed by atoms with Gasteiger partial charge in [-0.1, -0.05) is 35.1 Å². The van der Waals surface area contributed by atoms with Crippen molar-refractivity contribution in [2.24, 2.45) is 0 Å². The van der Waals surface area contributed by atoms with Gasteiger partial charge in [-0.15, -0.1) is 0 Å². The summed E-state index contributed by atoms with van der Waals surface area (Å²) in [6.07, 6.45) is 2.94. The van der Waals surface area contributed by atoms with Crippen molar-refractivity contribution in [3.05, 3.63) is 0 Å². The van der Waals surface area contributed by atoms with Gasteiger partial charge in [0.05, 0.1) is 6.04 Å². The van der Waals surface area contributed by atoms with E-state index in [1.165, 1.54) is 0 Å². The quantitative estimate of drug-likeness (QED) is 0.658. The van der Waals surface area contributed by atoms with E-state index in [0.717, 1.165) is 12.7 Å². The monoisotopic (exact) mass is 231 g/mol. The SMILES string of the molecule is C.CC.CCCC(=O)N(CC)C(C=O)CC. The molecule has 0 aliphatic carbocycles. The van der Waals surface area contributed by atoms with Gasteiger partial charge in [0.25, 0.3) is 0 Å². The number of nitrogens with zero attached hydrogens (tertiary/aromatic N) is 1. The van der Waals surface area contributed by atoms with Crippen molar-refractivity contribution in [3.8, 4) is 0 Å². The first kappa shape index (κ1) is 20.5. The zero-order chi connectivity index (χ0) is 12.3. The lowest BCUT2D eigenvalue weighted by atomic mass is 10.2. The molecule has 0 radical (unpaired) electrons. The van der Waals surface area contributed by atoms with Crippen LogP contribution in [0.2, 0.25) is 0 Å². The molecule has 16 heavy (non-hydrogen) atoms. The molecule has 1 atom stereocenters. The summed E-state index contributed by atoms with van der Waals surface area (Å²) in [6, 6.07) is -0.232. The minimum Gasteiger partial charge on any atom is -0.333 e. The number of hydrogen-bond donors (Lipinski definition) is 0. The fourth-order valence-electron chi connectivity index (χ4n) is 1.34. The number of carbonyl (C=O) groups excluding carboxylic acids is 2. The van der Waals surface area contributed by atoms with Crippen LogP contribution in [0.25, 0.3) is 0 Å². The lowest BCUT2D eigenvalue weighted by Crippen LogP contribution is -2.40. The summed E-state index contributed by atoms with van der Waals surface area (Å²) in [4.78, 5) is 23.8. The molecule has 0 spiro atoms. The average molecular weight is 231 g/mol. The second kappa shape index (κ2) is 14.1. The fourth-order valence-corrected chi connectivity index (χ4v) is 1.34. The van der Waals surface area contributed by atoms with Crippen LogP contribution in [0.15, 0.2) is 0 Å². The summed E-state index contributed by atoms with van der Waals surface area (Å²) >= 11 is 0. The van der Waals surface area contributed by atoms with E-state index in [9.17, 15) is 9.59 Å². The first-order valence-electron chi connectivity index (χ1n) is 5.95. The Morgan fingerprint density at radius 1 is 1.25 bits per heavy atom. The molecule has 0 bridgehead atoms. The van der Waals surface area contributed by atoms with Gasteiger partial charge in [-0.3, -0.25) is 4.79 Å². The summed E-state index contributed by atoms with van der Waals surface area (Å²) in [7, 11) is 0. The normalized spacial score (nSPS) is 10.3. The first-order chi connectivity index (χ1) is 7.21. The van der Waals surface area contributed by atoms with Crippen molar-refractivity contribution in [2.45, 2.75) is 67.3 Å². The minimum absolute atomic E-state index is 0. The highest BCUT2D eigenvalue weighted by atomic mass is 16.2. The van der Waals surface area contributed by atoms with Crippen molar-refractivity contribution in [1.29, 1.82) is 0 Å². The van der Waals surface area contributed by atoms with E-state index in [1.807, 2.05) is 34.6 Å². The molecule has 1 unspecified atom stereocenters. The smallest absolute Gasteiger partial charge is 0.223 e. The largest absolute Gasteiger partial charge is 0.333 e. The molecule has 0 saturated heterocycles. The highest BCUT2D eigenvalue weighted by Gasteiger charge is 2.18. The third-order valence-electron chi connectivity index (χ3n) is 2.10. The molecular weight excluding hydrogens is 202 g/mol. The van der Waals surface area contributed by atoms with Gasteiger partial charge < -0.3 is 9.69 Å². The van der Waals surface area contributed by atoms with Gasteiger partial charge in [-0.05, 0) is 19.8 Å². The van der Waals surface area contributed by atoms with Gasteiger partial charge in [-0.25, -0.2) is 0 Å². The van der Waals surface area contributed by atoms with Crippen molar-refractivity contribution >= 4 is 12.2 Å². The maximum Gasteiger partial charge on any atom is 0.223 e. The zero-order valence-corrected chi connectivity index (χ0v) is 10.7. The van der Waals surface area contributed by atoms with E-state index in [2.05, 4.69) is 0 Å². The topological polar surface area (TPSA) is 37.4 Å². The number of rotatable bonds is 6. The molecule has 0 fully saturated rings. The van der Waals surface area contributed by atoms with Crippen LogP contribution >= 0.6 is 0 Å². The molecule has 0 aliphatic rings. The van der Waals surface area contributed by atoms with Gasteiger partial charge >= 0.3 is 0 Å². The van der Waals surface area contributed by atoms with Crippen LogP contribution in [-0.4, -0.2) is 29.7 Å². The number of likely N-dealkylation sites (N-methyl/N-ethyl adjacent to an activating group) is 1. The Hall–Kier alpha value is -0.860. The Morgan fingerprint density at radius 3 is 2.00 bits per heavy atom. The number of hydrogen-bond acceptors (Lipinski definition) is 2. The molecular formula is C13H29NO2. The lowest BCUT2D eigenvalue weighted by Gasteiger charge is -2.25. The van der Waals surface area contributed by atoms with Crippen LogP contribution in [0.4, 0.5) is 0 Å². The Labute approximate surface area is 101 Å². The zero-order valence-electron chi connectivity index (χ0n) is 10.7. The van der Waals surface area contributed by atoms with E-state index in [0.29, 0.717) is 19.4 Å². The Morgan fingerprint density at radius 2 is 1.75 bits per heavy atom. The highest BCUT2D eigenvalue weighted by molar-refractivity contribution is 5.79. The minimum atomic E-state index is -0.232. The van der Waals surface area contributed by atoms with E-state index in [-0.39, 0.29) is 19.4 Å². The maximum absolute atomic E-state index is 11.5. The summed E-state index contributed by atoms with van der Waals surface area (Å²) in [6.45, 7) is 10.4. The van der Waals surface area contributed by atoms with Crippen molar-refractivity contribution < 1.29 is 9.59 Å². The van der Waals surface area contributed by atoms with E-state index < -0.39 is 0 Å². The average Bonchev–Trinajstić information content (AvgIpc) is 2.28. The standard InChI is InChI=1S/C10H19NO2.C2H6.CH4/c1-4-7-10(13)11(6-3)9(5-2)8-12;1-2;/h8-9H,4-7H2,1-3H3;1-2H3;1H4. The van der Waals surface area contributed by atoms with Gasteiger partial charge in [0, 0.05) is 13.0 Å². The molecule has 0 rings (SSSR count). The van der Waals surface area contributed by atoms with Crippen LogP contribution in [0.3, 0.4) is 0 Å². The van der Waals surface area contributed by atoms with Gasteiger partial charge in [0.2, 0.25) is 5.91 Å². The predicted molar refractivity (Wildman–Crippen MR) is 70.5 cm³/mol. The number of carbonyl (C=O) groups is 2. The Bertz CT molecular complexity index is 169. The second-order valence-corrected chi connectivity index (χ2v) is 3.04. The third kappa shape index (κ3) is 7.43. The molecule has 0 aromatic rings. The van der Waals surface area contributed by atoms with Crippen LogP contribution in [0, 0.1) is 0 Å². The summed E-state index contributed by atoms with van der Waals surface area (Å²) < 4.78 is 0. The Balaban J connectivity index is -0.000000529. The van der Waals surface area contributed by atoms with Crippen LogP contribution in [0.5, 0.6) is 0 Å². The lowest BCUT2D eigenvalue weighted by molar-refractivity contribution is -0.136.